The molecule has 0 spiro atoms. The number of benzene rings is 2. The van der Waals surface area contributed by atoms with E-state index in [2.05, 4.69) is 9.62 Å². The highest BCUT2D eigenvalue weighted by Gasteiger charge is 2.19. The molecule has 8 heteroatoms. The van der Waals surface area contributed by atoms with Crippen molar-refractivity contribution in [3.8, 4) is 5.75 Å². The molecular weight excluding hydrogens is 393 g/mol. The minimum absolute atomic E-state index is 0.0559. The molecule has 1 aliphatic rings. The average Bonchev–Trinajstić information content (AvgIpc) is 2.74. The van der Waals surface area contributed by atoms with Gasteiger partial charge >= 0.3 is 0 Å². The summed E-state index contributed by atoms with van der Waals surface area (Å²) < 4.78 is 46.2. The van der Waals surface area contributed by atoms with Crippen LogP contribution in [0.15, 0.2) is 48.5 Å². The second-order valence-electron chi connectivity index (χ2n) is 7.09. The molecule has 1 heterocycles. The number of methoxy groups -OCH3 is 1. The first-order valence-corrected chi connectivity index (χ1v) is 11.4. The van der Waals surface area contributed by atoms with Crippen LogP contribution in [-0.4, -0.2) is 65.4 Å². The van der Waals surface area contributed by atoms with E-state index in [0.29, 0.717) is 25.2 Å². The van der Waals surface area contributed by atoms with Crippen LogP contribution in [0.2, 0.25) is 0 Å². The Morgan fingerprint density at radius 2 is 1.72 bits per heavy atom. The van der Waals surface area contributed by atoms with E-state index in [1.807, 2.05) is 35.2 Å². The van der Waals surface area contributed by atoms with Crippen LogP contribution in [0.25, 0.3) is 0 Å². The summed E-state index contributed by atoms with van der Waals surface area (Å²) in [5, 5.41) is 0. The van der Waals surface area contributed by atoms with Crippen LogP contribution < -0.4 is 14.4 Å². The van der Waals surface area contributed by atoms with Crippen molar-refractivity contribution in [3.63, 3.8) is 0 Å². The van der Waals surface area contributed by atoms with E-state index in [9.17, 15) is 12.8 Å². The fourth-order valence-electron chi connectivity index (χ4n) is 3.40. The van der Waals surface area contributed by atoms with Crippen molar-refractivity contribution < 1.29 is 17.5 Å². The molecule has 1 saturated heterocycles. The van der Waals surface area contributed by atoms with Crippen molar-refractivity contribution in [2.24, 2.45) is 0 Å². The van der Waals surface area contributed by atoms with Gasteiger partial charge in [0.15, 0.2) is 0 Å². The molecule has 0 unspecified atom stereocenters. The molecule has 2 aromatic rings. The zero-order valence-electron chi connectivity index (χ0n) is 16.7. The van der Waals surface area contributed by atoms with Crippen molar-refractivity contribution >= 4 is 15.7 Å². The normalized spacial score (nSPS) is 15.4. The second kappa shape index (κ2) is 10.0. The molecule has 0 amide bonds. The summed E-state index contributed by atoms with van der Waals surface area (Å²) in [5.41, 5.74) is 1.59. The van der Waals surface area contributed by atoms with Gasteiger partial charge in [0.25, 0.3) is 0 Å². The predicted molar refractivity (Wildman–Crippen MR) is 114 cm³/mol. The molecule has 3 rings (SSSR count). The van der Waals surface area contributed by atoms with E-state index < -0.39 is 10.0 Å². The molecule has 0 radical (unpaired) electrons. The van der Waals surface area contributed by atoms with E-state index in [-0.39, 0.29) is 11.6 Å². The minimum Gasteiger partial charge on any atom is -0.497 e. The van der Waals surface area contributed by atoms with Crippen molar-refractivity contribution in [2.75, 3.05) is 57.0 Å². The Labute approximate surface area is 172 Å². The number of hydrogen-bond acceptors (Lipinski definition) is 5. The molecule has 0 aromatic heterocycles. The molecule has 6 nitrogen and oxygen atoms in total. The summed E-state index contributed by atoms with van der Waals surface area (Å²) in [4.78, 5) is 4.23. The van der Waals surface area contributed by atoms with E-state index in [1.54, 1.807) is 19.2 Å². The highest BCUT2D eigenvalue weighted by molar-refractivity contribution is 7.89. The van der Waals surface area contributed by atoms with Crippen LogP contribution in [0.4, 0.5) is 10.1 Å². The van der Waals surface area contributed by atoms with Gasteiger partial charge in [0.1, 0.15) is 11.6 Å². The van der Waals surface area contributed by atoms with Crippen molar-refractivity contribution in [1.29, 1.82) is 0 Å². The molecule has 0 atom stereocenters. The SMILES string of the molecule is COc1ccc(CCS(=O)(=O)NCCN2CCN(c3ccccc3F)CC2)cc1. The molecule has 29 heavy (non-hydrogen) atoms. The van der Waals surface area contributed by atoms with Crippen LogP contribution in [0.5, 0.6) is 5.75 Å². The number of rotatable bonds is 9. The van der Waals surface area contributed by atoms with Crippen LogP contribution in [0.1, 0.15) is 5.56 Å². The average molecular weight is 422 g/mol. The van der Waals surface area contributed by atoms with Crippen LogP contribution in [0, 0.1) is 5.82 Å². The number of anilines is 1. The molecule has 158 valence electrons. The number of nitrogens with zero attached hydrogens (tertiary/aromatic N) is 2. The summed E-state index contributed by atoms with van der Waals surface area (Å²) >= 11 is 0. The molecule has 1 aliphatic heterocycles. The molecule has 1 N–H and O–H groups in total. The molecule has 0 saturated carbocycles. The van der Waals surface area contributed by atoms with E-state index in [1.165, 1.54) is 6.07 Å². The number of para-hydroxylation sites is 1. The lowest BCUT2D eigenvalue weighted by Gasteiger charge is -2.36. The zero-order valence-corrected chi connectivity index (χ0v) is 17.5. The van der Waals surface area contributed by atoms with Crippen LogP contribution >= 0.6 is 0 Å². The van der Waals surface area contributed by atoms with E-state index in [4.69, 9.17) is 4.74 Å². The number of piperazine rings is 1. The Hall–Kier alpha value is -2.16. The molecular formula is C21H28FN3O3S. The van der Waals surface area contributed by atoms with Crippen molar-refractivity contribution in [3.05, 3.63) is 59.9 Å². The fourth-order valence-corrected chi connectivity index (χ4v) is 4.45. The van der Waals surface area contributed by atoms with Gasteiger partial charge in [-0.3, -0.25) is 4.90 Å². The Morgan fingerprint density at radius 3 is 2.38 bits per heavy atom. The number of sulfonamides is 1. The van der Waals surface area contributed by atoms with Gasteiger partial charge in [-0.2, -0.15) is 0 Å². The topological polar surface area (TPSA) is 61.9 Å². The Kier molecular flexibility index (Phi) is 7.46. The smallest absolute Gasteiger partial charge is 0.211 e. The van der Waals surface area contributed by atoms with Gasteiger partial charge in [0.2, 0.25) is 10.0 Å². The monoisotopic (exact) mass is 421 g/mol. The summed E-state index contributed by atoms with van der Waals surface area (Å²) in [6.45, 7) is 4.04. The highest BCUT2D eigenvalue weighted by atomic mass is 32.2. The maximum Gasteiger partial charge on any atom is 0.211 e. The summed E-state index contributed by atoms with van der Waals surface area (Å²) in [6.07, 6.45) is 0.459. The van der Waals surface area contributed by atoms with Gasteiger partial charge in [0, 0.05) is 39.3 Å². The number of halogens is 1. The van der Waals surface area contributed by atoms with Gasteiger partial charge in [-0.25, -0.2) is 17.5 Å². The first-order valence-electron chi connectivity index (χ1n) is 9.79. The lowest BCUT2D eigenvalue weighted by atomic mass is 10.2. The Balaban J connectivity index is 1.37. The van der Waals surface area contributed by atoms with Crippen LogP contribution in [-0.2, 0) is 16.4 Å². The van der Waals surface area contributed by atoms with Gasteiger partial charge in [-0.05, 0) is 36.2 Å². The van der Waals surface area contributed by atoms with E-state index in [0.717, 1.165) is 37.5 Å². The molecule has 1 fully saturated rings. The maximum atomic E-state index is 13.9. The van der Waals surface area contributed by atoms with Gasteiger partial charge in [-0.15, -0.1) is 0 Å². The zero-order chi connectivity index (χ0) is 20.7. The first-order chi connectivity index (χ1) is 14.0. The molecule has 0 aliphatic carbocycles. The van der Waals surface area contributed by atoms with E-state index >= 15 is 0 Å². The second-order valence-corrected chi connectivity index (χ2v) is 9.02. The quantitative estimate of drug-likeness (QED) is 0.672. The number of ether oxygens (including phenoxy) is 1. The maximum absolute atomic E-state index is 13.9. The third-order valence-corrected chi connectivity index (χ3v) is 6.52. The lowest BCUT2D eigenvalue weighted by molar-refractivity contribution is 0.261. The Morgan fingerprint density at radius 1 is 1.03 bits per heavy atom. The third kappa shape index (κ3) is 6.42. The van der Waals surface area contributed by atoms with Crippen molar-refractivity contribution in [1.82, 2.24) is 9.62 Å². The first kappa shape index (κ1) is 21.5. The number of nitrogens with one attached hydrogen (secondary N) is 1. The molecule has 2 aromatic carbocycles. The third-order valence-electron chi connectivity index (χ3n) is 5.13. The summed E-state index contributed by atoms with van der Waals surface area (Å²) in [6, 6.07) is 14.2. The summed E-state index contributed by atoms with van der Waals surface area (Å²) in [7, 11) is -1.72. The number of hydrogen-bond donors (Lipinski definition) is 1. The van der Waals surface area contributed by atoms with Gasteiger partial charge < -0.3 is 9.64 Å². The summed E-state index contributed by atoms with van der Waals surface area (Å²) in [5.74, 6) is 0.607. The van der Waals surface area contributed by atoms with Crippen molar-refractivity contribution in [2.45, 2.75) is 6.42 Å². The van der Waals surface area contributed by atoms with Gasteiger partial charge in [-0.1, -0.05) is 24.3 Å². The minimum atomic E-state index is -3.32. The van der Waals surface area contributed by atoms with Crippen LogP contribution in [0.3, 0.4) is 0 Å². The van der Waals surface area contributed by atoms with Gasteiger partial charge in [0.05, 0.1) is 18.6 Å². The number of aryl methyl sites for hydroxylation is 1. The predicted octanol–water partition coefficient (Wildman–Crippen LogP) is 2.12. The molecule has 0 bridgehead atoms. The highest BCUT2D eigenvalue weighted by Crippen LogP contribution is 2.20. The standard InChI is InChI=1S/C21H28FN3O3S/c1-28-19-8-6-18(7-9-19)10-17-29(26,27)23-11-12-24-13-15-25(16-14-24)21-5-3-2-4-20(21)22/h2-9,23H,10-17H2,1H3. The lowest BCUT2D eigenvalue weighted by Crippen LogP contribution is -2.48. The largest absolute Gasteiger partial charge is 0.497 e. The fraction of sp³-hybridized carbons (Fsp3) is 0.429. The Bertz CT molecular complexity index is 882.